The summed E-state index contributed by atoms with van der Waals surface area (Å²) >= 11 is 0. The van der Waals surface area contributed by atoms with Gasteiger partial charge in [-0.3, -0.25) is 0 Å². The van der Waals surface area contributed by atoms with Crippen LogP contribution >= 0.6 is 0 Å². The number of alkyl halides is 9. The highest BCUT2D eigenvalue weighted by molar-refractivity contribution is 5.78. The van der Waals surface area contributed by atoms with Gasteiger partial charge in [-0.2, -0.15) is 39.5 Å². The fraction of sp³-hybridized carbons (Fsp3) is 0.200. The Kier molecular flexibility index (Phi) is 5.98. The summed E-state index contributed by atoms with van der Waals surface area (Å²) in [7, 11) is 0. The Morgan fingerprint density at radius 1 is 0.600 bits per heavy atom. The van der Waals surface area contributed by atoms with E-state index in [4.69, 9.17) is 5.73 Å². The molecule has 0 aromatic heterocycles. The smallest absolute Gasteiger partial charge is 0.398 e. The first-order valence-corrected chi connectivity index (χ1v) is 6.38. The van der Waals surface area contributed by atoms with E-state index in [2.05, 4.69) is 0 Å². The van der Waals surface area contributed by atoms with Gasteiger partial charge in [0, 0.05) is 23.9 Å². The maximum Gasteiger partial charge on any atom is 0.409 e. The van der Waals surface area contributed by atoms with Gasteiger partial charge in [0.2, 0.25) is 0 Å². The van der Waals surface area contributed by atoms with Crippen LogP contribution in [-0.4, -0.2) is 18.5 Å². The topological polar surface area (TPSA) is 26.0 Å². The predicted molar refractivity (Wildman–Crippen MR) is 76.1 cm³/mol. The van der Waals surface area contributed by atoms with Gasteiger partial charge >= 0.3 is 18.5 Å². The van der Waals surface area contributed by atoms with Gasteiger partial charge in [-0.15, -0.1) is 0 Å². The van der Waals surface area contributed by atoms with Crippen LogP contribution in [0.1, 0.15) is 16.7 Å². The first kappa shape index (κ1) is 20.7. The van der Waals surface area contributed by atoms with Gasteiger partial charge < -0.3 is 5.73 Å². The van der Waals surface area contributed by atoms with E-state index in [1.807, 2.05) is 0 Å². The quantitative estimate of drug-likeness (QED) is 0.509. The van der Waals surface area contributed by atoms with Crippen molar-refractivity contribution in [2.45, 2.75) is 18.5 Å². The lowest BCUT2D eigenvalue weighted by atomic mass is 10.0. The average molecular weight is 375 g/mol. The van der Waals surface area contributed by atoms with E-state index < -0.39 is 24.2 Å². The summed E-state index contributed by atoms with van der Waals surface area (Å²) < 4.78 is 110. The van der Waals surface area contributed by atoms with Crippen molar-refractivity contribution in [1.82, 2.24) is 0 Å². The zero-order valence-corrected chi connectivity index (χ0v) is 12.1. The summed E-state index contributed by atoms with van der Waals surface area (Å²) in [5.74, 6) is 0. The van der Waals surface area contributed by atoms with Crippen molar-refractivity contribution in [2.75, 3.05) is 5.73 Å². The van der Waals surface area contributed by atoms with Crippen LogP contribution in [-0.2, 0) is 0 Å². The predicted octanol–water partition coefficient (Wildman–Crippen LogP) is 6.00. The molecule has 0 unspecified atom stereocenters. The van der Waals surface area contributed by atoms with E-state index in [0.29, 0.717) is 18.2 Å². The summed E-state index contributed by atoms with van der Waals surface area (Å²) in [5.41, 5.74) is 4.06. The molecule has 0 radical (unpaired) electrons. The molecule has 25 heavy (non-hydrogen) atoms. The second-order valence-corrected chi connectivity index (χ2v) is 4.74. The molecule has 1 nitrogen and oxygen atoms in total. The molecular formula is C15H10F9N. The van der Waals surface area contributed by atoms with Crippen molar-refractivity contribution in [3.8, 4) is 0 Å². The molecule has 1 aromatic rings. The molecule has 0 heterocycles. The Balaban J connectivity index is 3.42. The Bertz CT molecular complexity index is 643. The maximum absolute atomic E-state index is 12.2. The number of anilines is 1. The molecule has 0 aliphatic carbocycles. The van der Waals surface area contributed by atoms with Crippen molar-refractivity contribution >= 4 is 23.9 Å². The van der Waals surface area contributed by atoms with Crippen molar-refractivity contribution < 1.29 is 39.5 Å². The molecule has 0 fully saturated rings. The van der Waals surface area contributed by atoms with E-state index in [1.165, 1.54) is 0 Å². The van der Waals surface area contributed by atoms with Crippen LogP contribution in [0.25, 0.3) is 18.2 Å². The van der Waals surface area contributed by atoms with Crippen molar-refractivity contribution in [3.05, 3.63) is 47.1 Å². The summed E-state index contributed by atoms with van der Waals surface area (Å²) in [5, 5.41) is 0. The Hall–Kier alpha value is -2.39. The molecule has 1 aromatic carbocycles. The lowest BCUT2D eigenvalue weighted by Gasteiger charge is -2.09. The summed E-state index contributed by atoms with van der Waals surface area (Å²) in [4.78, 5) is 0. The molecule has 0 spiro atoms. The van der Waals surface area contributed by atoms with Gasteiger partial charge in [0.05, 0.1) is 0 Å². The minimum absolute atomic E-state index is 0.201. The lowest BCUT2D eigenvalue weighted by molar-refractivity contribution is -0.0800. The molecule has 1 rings (SSSR count). The highest BCUT2D eigenvalue weighted by Crippen LogP contribution is 2.28. The molecule has 0 atom stereocenters. The van der Waals surface area contributed by atoms with E-state index in [9.17, 15) is 39.5 Å². The number of halogens is 9. The van der Waals surface area contributed by atoms with Crippen LogP contribution in [0.3, 0.4) is 0 Å². The number of allylic oxidation sites excluding steroid dienone is 3. The second kappa shape index (κ2) is 7.24. The standard InChI is InChI=1S/C15H10F9N/c16-13(17,18)4-1-9-7-10(2-5-14(19,20)21)12(25)11(8-9)3-6-15(22,23)24/h1-8H,25H2/b4-1+,5-2+,6-3+. The molecule has 0 aliphatic heterocycles. The molecule has 0 bridgehead atoms. The second-order valence-electron chi connectivity index (χ2n) is 4.74. The third kappa shape index (κ3) is 8.32. The molecule has 0 amide bonds. The monoisotopic (exact) mass is 375 g/mol. The Morgan fingerprint density at radius 2 is 0.920 bits per heavy atom. The number of hydrogen-bond donors (Lipinski definition) is 1. The number of hydrogen-bond acceptors (Lipinski definition) is 1. The van der Waals surface area contributed by atoms with Crippen molar-refractivity contribution in [2.24, 2.45) is 0 Å². The van der Waals surface area contributed by atoms with Gasteiger partial charge in [0.25, 0.3) is 0 Å². The number of benzene rings is 1. The average Bonchev–Trinajstić information content (AvgIpc) is 2.40. The third-order valence-corrected chi connectivity index (χ3v) is 2.63. The van der Waals surface area contributed by atoms with Gasteiger partial charge in [-0.05, 0) is 41.0 Å². The highest BCUT2D eigenvalue weighted by Gasteiger charge is 2.24. The van der Waals surface area contributed by atoms with Gasteiger partial charge in [0.1, 0.15) is 0 Å². The van der Waals surface area contributed by atoms with Crippen LogP contribution in [0.4, 0.5) is 45.2 Å². The minimum Gasteiger partial charge on any atom is -0.398 e. The number of nitrogen functional groups attached to an aromatic ring is 1. The van der Waals surface area contributed by atoms with E-state index >= 15 is 0 Å². The summed E-state index contributed by atoms with van der Waals surface area (Å²) in [6, 6.07) is 1.79. The van der Waals surface area contributed by atoms with E-state index in [-0.39, 0.29) is 34.9 Å². The van der Waals surface area contributed by atoms with E-state index in [0.717, 1.165) is 12.1 Å². The first-order valence-electron chi connectivity index (χ1n) is 6.38. The molecule has 2 N–H and O–H groups in total. The van der Waals surface area contributed by atoms with Crippen LogP contribution < -0.4 is 5.73 Å². The van der Waals surface area contributed by atoms with Crippen LogP contribution in [0.15, 0.2) is 30.4 Å². The van der Waals surface area contributed by atoms with Crippen LogP contribution in [0, 0.1) is 0 Å². The molecule has 0 saturated heterocycles. The minimum atomic E-state index is -4.73. The summed E-state index contributed by atoms with van der Waals surface area (Å²) in [6.45, 7) is 0. The van der Waals surface area contributed by atoms with Crippen LogP contribution in [0.2, 0.25) is 0 Å². The normalized spacial score (nSPS) is 14.3. The number of rotatable bonds is 3. The third-order valence-electron chi connectivity index (χ3n) is 2.63. The fourth-order valence-electron chi connectivity index (χ4n) is 1.65. The highest BCUT2D eigenvalue weighted by atomic mass is 19.4. The molecule has 10 heteroatoms. The van der Waals surface area contributed by atoms with E-state index in [1.54, 1.807) is 0 Å². The van der Waals surface area contributed by atoms with Gasteiger partial charge in [0.15, 0.2) is 0 Å². The first-order chi connectivity index (χ1) is 11.2. The zero-order valence-electron chi connectivity index (χ0n) is 12.1. The zero-order chi connectivity index (χ0) is 19.5. The lowest BCUT2D eigenvalue weighted by Crippen LogP contribution is -2.03. The SMILES string of the molecule is Nc1c(/C=C/C(F)(F)F)cc(/C=C/C(F)(F)F)cc1/C=C/C(F)(F)F. The summed E-state index contributed by atoms with van der Waals surface area (Å²) in [6.07, 6.45) is -13.4. The Labute approximate surface area is 135 Å². The van der Waals surface area contributed by atoms with Crippen molar-refractivity contribution in [1.29, 1.82) is 0 Å². The van der Waals surface area contributed by atoms with Gasteiger partial charge in [-0.25, -0.2) is 0 Å². The molecular weight excluding hydrogens is 365 g/mol. The van der Waals surface area contributed by atoms with Crippen molar-refractivity contribution in [3.63, 3.8) is 0 Å². The van der Waals surface area contributed by atoms with Gasteiger partial charge in [-0.1, -0.05) is 6.08 Å². The molecule has 138 valence electrons. The molecule has 0 saturated carbocycles. The number of nitrogens with two attached hydrogens (primary N) is 1. The molecule has 0 aliphatic rings. The maximum atomic E-state index is 12.2. The van der Waals surface area contributed by atoms with Crippen LogP contribution in [0.5, 0.6) is 0 Å². The largest absolute Gasteiger partial charge is 0.409 e. The fourth-order valence-corrected chi connectivity index (χ4v) is 1.65. The Morgan fingerprint density at radius 3 is 1.24 bits per heavy atom.